The Morgan fingerprint density at radius 2 is 2.00 bits per heavy atom. The summed E-state index contributed by atoms with van der Waals surface area (Å²) < 4.78 is 35.8. The lowest BCUT2D eigenvalue weighted by molar-refractivity contribution is -0.384. The van der Waals surface area contributed by atoms with E-state index in [9.17, 15) is 28.0 Å². The van der Waals surface area contributed by atoms with E-state index in [-0.39, 0.29) is 22.7 Å². The van der Waals surface area contributed by atoms with Crippen LogP contribution in [-0.2, 0) is 10.0 Å². The molecule has 0 radical (unpaired) electrons. The molecule has 11 heteroatoms. The molecule has 0 aliphatic rings. The number of rotatable bonds is 5. The third-order valence-electron chi connectivity index (χ3n) is 3.19. The summed E-state index contributed by atoms with van der Waals surface area (Å²) in [5, 5.41) is 29.6. The average molecular weight is 368 g/mol. The lowest BCUT2D eigenvalue weighted by atomic mass is 10.1. The SMILES string of the molecule is C/C(=N\Nc1ccc(S(N)(=O)=O)cc1[N+](=O)[O-])c1cc(F)ccc1O. The van der Waals surface area contributed by atoms with Crippen LogP contribution in [0.15, 0.2) is 46.4 Å². The van der Waals surface area contributed by atoms with E-state index < -0.39 is 31.3 Å². The molecular weight excluding hydrogens is 355 g/mol. The van der Waals surface area contributed by atoms with E-state index in [1.54, 1.807) is 0 Å². The van der Waals surface area contributed by atoms with Gasteiger partial charge < -0.3 is 5.11 Å². The monoisotopic (exact) mass is 368 g/mol. The highest BCUT2D eigenvalue weighted by Crippen LogP contribution is 2.27. The summed E-state index contributed by atoms with van der Waals surface area (Å²) >= 11 is 0. The Hall–Kier alpha value is -3.05. The molecule has 0 aliphatic carbocycles. The number of nitrogens with one attached hydrogen (secondary N) is 1. The number of phenols is 1. The Kier molecular flexibility index (Phi) is 4.99. The minimum absolute atomic E-state index is 0.0938. The van der Waals surface area contributed by atoms with Crippen LogP contribution >= 0.6 is 0 Å². The Bertz CT molecular complexity index is 975. The molecule has 2 aromatic carbocycles. The number of nitro benzene ring substituents is 1. The molecule has 0 saturated carbocycles. The van der Waals surface area contributed by atoms with Crippen molar-refractivity contribution in [2.75, 3.05) is 5.43 Å². The van der Waals surface area contributed by atoms with Gasteiger partial charge in [-0.05, 0) is 37.3 Å². The van der Waals surface area contributed by atoms with Crippen LogP contribution in [-0.4, -0.2) is 24.2 Å². The standard InChI is InChI=1S/C14H13FN4O5S/c1-8(11-6-9(15)2-5-14(11)20)17-18-12-4-3-10(25(16,23)24)7-13(12)19(21)22/h2-7,18,20H,1H3,(H2,16,23,24)/b17-8+. The van der Waals surface area contributed by atoms with Crippen molar-refractivity contribution in [2.24, 2.45) is 10.2 Å². The van der Waals surface area contributed by atoms with Crippen molar-refractivity contribution >= 4 is 27.1 Å². The highest BCUT2D eigenvalue weighted by atomic mass is 32.2. The second-order valence-corrected chi connectivity index (χ2v) is 6.51. The van der Waals surface area contributed by atoms with Crippen LogP contribution in [0.4, 0.5) is 15.8 Å². The van der Waals surface area contributed by atoms with E-state index in [1.165, 1.54) is 6.92 Å². The number of nitrogens with two attached hydrogens (primary N) is 1. The Morgan fingerprint density at radius 3 is 2.60 bits per heavy atom. The van der Waals surface area contributed by atoms with Crippen molar-refractivity contribution in [3.05, 3.63) is 57.9 Å². The lowest BCUT2D eigenvalue weighted by Crippen LogP contribution is -2.12. The van der Waals surface area contributed by atoms with Gasteiger partial charge in [0.1, 0.15) is 17.3 Å². The van der Waals surface area contributed by atoms with E-state index in [4.69, 9.17) is 5.14 Å². The van der Waals surface area contributed by atoms with Gasteiger partial charge in [0.25, 0.3) is 5.69 Å². The zero-order valence-electron chi connectivity index (χ0n) is 12.8. The fourth-order valence-corrected chi connectivity index (χ4v) is 2.47. The van der Waals surface area contributed by atoms with E-state index in [1.807, 2.05) is 0 Å². The molecule has 0 fully saturated rings. The molecule has 0 amide bonds. The number of aromatic hydroxyl groups is 1. The first-order valence-electron chi connectivity index (χ1n) is 6.70. The minimum atomic E-state index is -4.10. The largest absolute Gasteiger partial charge is 0.507 e. The zero-order chi connectivity index (χ0) is 18.8. The highest BCUT2D eigenvalue weighted by molar-refractivity contribution is 7.89. The van der Waals surface area contributed by atoms with Crippen molar-refractivity contribution in [3.63, 3.8) is 0 Å². The maximum Gasteiger partial charge on any atom is 0.295 e. The van der Waals surface area contributed by atoms with Crippen molar-refractivity contribution in [3.8, 4) is 5.75 Å². The van der Waals surface area contributed by atoms with Gasteiger partial charge in [-0.15, -0.1) is 0 Å². The smallest absolute Gasteiger partial charge is 0.295 e. The molecule has 0 bridgehead atoms. The number of hydrazone groups is 1. The first kappa shape index (κ1) is 18.3. The molecular formula is C14H13FN4O5S. The first-order chi connectivity index (χ1) is 11.6. The van der Waals surface area contributed by atoms with Crippen LogP contribution < -0.4 is 10.6 Å². The van der Waals surface area contributed by atoms with Gasteiger partial charge >= 0.3 is 0 Å². The minimum Gasteiger partial charge on any atom is -0.507 e. The molecule has 0 unspecified atom stereocenters. The van der Waals surface area contributed by atoms with Crippen molar-refractivity contribution < 1.29 is 22.8 Å². The number of nitrogens with zero attached hydrogens (tertiary/aromatic N) is 2. The van der Waals surface area contributed by atoms with Crippen LogP contribution in [0.2, 0.25) is 0 Å². The second-order valence-electron chi connectivity index (χ2n) is 4.95. The molecule has 0 aliphatic heterocycles. The van der Waals surface area contributed by atoms with Crippen molar-refractivity contribution in [1.29, 1.82) is 0 Å². The number of anilines is 1. The summed E-state index contributed by atoms with van der Waals surface area (Å²) in [6, 6.07) is 6.26. The molecule has 132 valence electrons. The second kappa shape index (κ2) is 6.83. The highest BCUT2D eigenvalue weighted by Gasteiger charge is 2.19. The first-order valence-corrected chi connectivity index (χ1v) is 8.24. The summed E-state index contributed by atoms with van der Waals surface area (Å²) in [6.07, 6.45) is 0. The maximum atomic E-state index is 13.3. The van der Waals surface area contributed by atoms with E-state index >= 15 is 0 Å². The number of phenolic OH excluding ortho intramolecular Hbond substituents is 1. The molecule has 0 aromatic heterocycles. The number of primary sulfonamides is 1. The Balaban J connectivity index is 2.40. The Labute approximate surface area is 141 Å². The van der Waals surface area contributed by atoms with Crippen molar-refractivity contribution in [1.82, 2.24) is 0 Å². The number of halogens is 1. The van der Waals surface area contributed by atoms with Gasteiger partial charge in [-0.2, -0.15) is 5.10 Å². The zero-order valence-corrected chi connectivity index (χ0v) is 13.6. The van der Waals surface area contributed by atoms with Gasteiger partial charge in [0.05, 0.1) is 15.5 Å². The quantitative estimate of drug-likeness (QED) is 0.417. The molecule has 4 N–H and O–H groups in total. The average Bonchev–Trinajstić information content (AvgIpc) is 2.53. The van der Waals surface area contributed by atoms with Crippen LogP contribution in [0.5, 0.6) is 5.75 Å². The number of sulfonamides is 1. The summed E-state index contributed by atoms with van der Waals surface area (Å²) in [5.41, 5.74) is 1.98. The normalized spacial score (nSPS) is 12.0. The number of hydrogen-bond donors (Lipinski definition) is 3. The van der Waals surface area contributed by atoms with Gasteiger partial charge in [-0.25, -0.2) is 17.9 Å². The fourth-order valence-electron chi connectivity index (χ4n) is 1.94. The van der Waals surface area contributed by atoms with Crippen molar-refractivity contribution in [2.45, 2.75) is 11.8 Å². The molecule has 2 rings (SSSR count). The summed E-state index contributed by atoms with van der Waals surface area (Å²) in [7, 11) is -4.10. The van der Waals surface area contributed by atoms with E-state index in [0.29, 0.717) is 0 Å². The lowest BCUT2D eigenvalue weighted by Gasteiger charge is -2.07. The maximum absolute atomic E-state index is 13.3. The number of benzene rings is 2. The van der Waals surface area contributed by atoms with E-state index in [0.717, 1.165) is 36.4 Å². The van der Waals surface area contributed by atoms with Gasteiger partial charge in [0, 0.05) is 11.6 Å². The molecule has 0 heterocycles. The molecule has 25 heavy (non-hydrogen) atoms. The third-order valence-corrected chi connectivity index (χ3v) is 4.10. The van der Waals surface area contributed by atoms with Crippen LogP contribution in [0.3, 0.4) is 0 Å². The fraction of sp³-hybridized carbons (Fsp3) is 0.0714. The number of hydrogen-bond acceptors (Lipinski definition) is 7. The number of nitro groups is 1. The predicted octanol–water partition coefficient (Wildman–Crippen LogP) is 1.92. The predicted molar refractivity (Wildman–Crippen MR) is 88.4 cm³/mol. The van der Waals surface area contributed by atoms with Crippen LogP contribution in [0.25, 0.3) is 0 Å². The van der Waals surface area contributed by atoms with Gasteiger partial charge in [-0.1, -0.05) is 0 Å². The molecule has 2 aromatic rings. The summed E-state index contributed by atoms with van der Waals surface area (Å²) in [4.78, 5) is 9.88. The molecule has 0 spiro atoms. The summed E-state index contributed by atoms with van der Waals surface area (Å²) in [5.74, 6) is -0.811. The van der Waals surface area contributed by atoms with Gasteiger partial charge in [0.15, 0.2) is 0 Å². The van der Waals surface area contributed by atoms with Crippen LogP contribution in [0.1, 0.15) is 12.5 Å². The van der Waals surface area contributed by atoms with Gasteiger partial charge in [-0.3, -0.25) is 15.5 Å². The molecule has 0 saturated heterocycles. The van der Waals surface area contributed by atoms with E-state index in [2.05, 4.69) is 10.5 Å². The molecule has 0 atom stereocenters. The van der Waals surface area contributed by atoms with Crippen LogP contribution in [0, 0.1) is 15.9 Å². The third kappa shape index (κ3) is 4.28. The van der Waals surface area contributed by atoms with Gasteiger partial charge in [0.2, 0.25) is 10.0 Å². The topological polar surface area (TPSA) is 148 Å². The Morgan fingerprint density at radius 1 is 1.32 bits per heavy atom. The summed E-state index contributed by atoms with van der Waals surface area (Å²) in [6.45, 7) is 1.45. The molecule has 9 nitrogen and oxygen atoms in total.